The molecule has 1 aromatic heterocycles. The van der Waals surface area contributed by atoms with Crippen LogP contribution >= 0.6 is 0 Å². The molecule has 1 atom stereocenters. The van der Waals surface area contributed by atoms with E-state index in [0.717, 1.165) is 59.9 Å². The molecule has 0 saturated carbocycles. The summed E-state index contributed by atoms with van der Waals surface area (Å²) in [5.41, 5.74) is 4.35. The molecule has 0 unspecified atom stereocenters. The summed E-state index contributed by atoms with van der Waals surface area (Å²) in [6, 6.07) is 24.2. The van der Waals surface area contributed by atoms with Crippen LogP contribution in [0.4, 0.5) is 5.69 Å². The Morgan fingerprint density at radius 2 is 1.69 bits per heavy atom. The first-order chi connectivity index (χ1) is 17.7. The van der Waals surface area contributed by atoms with E-state index in [1.165, 1.54) is 5.56 Å². The molecule has 5 rings (SSSR count). The van der Waals surface area contributed by atoms with E-state index in [9.17, 15) is 4.79 Å². The van der Waals surface area contributed by atoms with E-state index in [4.69, 9.17) is 14.5 Å². The van der Waals surface area contributed by atoms with Crippen LogP contribution in [0.1, 0.15) is 43.5 Å². The van der Waals surface area contributed by atoms with Gasteiger partial charge in [-0.3, -0.25) is 4.79 Å². The highest BCUT2D eigenvalue weighted by atomic mass is 16.5. The molecule has 1 fully saturated rings. The molecule has 0 spiro atoms. The molecular formula is C30H33N3O3. The zero-order valence-electron chi connectivity index (χ0n) is 21.0. The third kappa shape index (κ3) is 4.94. The van der Waals surface area contributed by atoms with E-state index in [1.54, 1.807) is 7.11 Å². The fraction of sp³-hybridized carbons (Fsp3) is 0.333. The van der Waals surface area contributed by atoms with Gasteiger partial charge in [-0.15, -0.1) is 0 Å². The van der Waals surface area contributed by atoms with Crippen molar-refractivity contribution in [3.05, 3.63) is 84.2 Å². The Labute approximate surface area is 212 Å². The number of para-hydroxylation sites is 3. The first-order valence-electron chi connectivity index (χ1n) is 12.8. The zero-order valence-corrected chi connectivity index (χ0v) is 21.0. The number of carbonyl (C=O) groups is 1. The van der Waals surface area contributed by atoms with E-state index in [1.807, 2.05) is 47.4 Å². The largest absolute Gasteiger partial charge is 0.497 e. The van der Waals surface area contributed by atoms with Crippen molar-refractivity contribution in [3.8, 4) is 11.5 Å². The number of aromatic nitrogens is 2. The summed E-state index contributed by atoms with van der Waals surface area (Å²) < 4.78 is 13.4. The number of hydrogen-bond acceptors (Lipinski definition) is 4. The zero-order chi connectivity index (χ0) is 24.9. The lowest BCUT2D eigenvalue weighted by Crippen LogP contribution is -2.25. The number of methoxy groups -OCH3 is 1. The van der Waals surface area contributed by atoms with Crippen LogP contribution in [0, 0.1) is 0 Å². The minimum absolute atomic E-state index is 0.0744. The van der Waals surface area contributed by atoms with Gasteiger partial charge >= 0.3 is 0 Å². The molecule has 2 heterocycles. The lowest BCUT2D eigenvalue weighted by Gasteiger charge is -2.20. The lowest BCUT2D eigenvalue weighted by molar-refractivity contribution is -0.117. The number of aryl methyl sites for hydroxylation is 2. The van der Waals surface area contributed by atoms with Gasteiger partial charge in [0, 0.05) is 31.1 Å². The first-order valence-corrected chi connectivity index (χ1v) is 12.8. The quantitative estimate of drug-likeness (QED) is 0.260. The van der Waals surface area contributed by atoms with Crippen molar-refractivity contribution in [1.82, 2.24) is 9.55 Å². The third-order valence-corrected chi connectivity index (χ3v) is 6.94. The second kappa shape index (κ2) is 10.9. The number of nitrogens with zero attached hydrogens (tertiary/aromatic N) is 3. The molecule has 3 aromatic carbocycles. The van der Waals surface area contributed by atoms with E-state index in [0.29, 0.717) is 19.6 Å². The second-order valence-electron chi connectivity index (χ2n) is 9.23. The van der Waals surface area contributed by atoms with Crippen molar-refractivity contribution >= 4 is 22.6 Å². The standard InChI is InChI=1S/C30H33N3O3/c1-3-22-10-4-6-12-27(22)33-21-23(20-29(33)34)30-31-26-11-5-7-13-28(26)32(30)18-8-9-19-36-25-16-14-24(35-2)15-17-25/h4-7,10-17,23H,3,8-9,18-21H2,1-2H3/t23-/m0/s1. The highest BCUT2D eigenvalue weighted by molar-refractivity contribution is 5.97. The third-order valence-electron chi connectivity index (χ3n) is 6.94. The van der Waals surface area contributed by atoms with Gasteiger partial charge in [0.15, 0.2) is 0 Å². The average Bonchev–Trinajstić information content (AvgIpc) is 3.49. The van der Waals surface area contributed by atoms with Gasteiger partial charge in [-0.25, -0.2) is 4.98 Å². The van der Waals surface area contributed by atoms with Gasteiger partial charge in [0.1, 0.15) is 17.3 Å². The molecule has 6 nitrogen and oxygen atoms in total. The fourth-order valence-electron chi connectivity index (χ4n) is 5.06. The molecule has 186 valence electrons. The number of rotatable bonds is 10. The summed E-state index contributed by atoms with van der Waals surface area (Å²) in [5.74, 6) is 2.93. The van der Waals surface area contributed by atoms with Crippen molar-refractivity contribution in [2.45, 2.75) is 45.1 Å². The molecule has 1 saturated heterocycles. The maximum Gasteiger partial charge on any atom is 0.227 e. The van der Waals surface area contributed by atoms with Crippen molar-refractivity contribution in [3.63, 3.8) is 0 Å². The topological polar surface area (TPSA) is 56.6 Å². The Morgan fingerprint density at radius 1 is 0.944 bits per heavy atom. The summed E-state index contributed by atoms with van der Waals surface area (Å²) >= 11 is 0. The number of benzene rings is 3. The molecule has 6 heteroatoms. The van der Waals surface area contributed by atoms with E-state index >= 15 is 0 Å². The highest BCUT2D eigenvalue weighted by Gasteiger charge is 2.35. The summed E-state index contributed by atoms with van der Waals surface area (Å²) in [7, 11) is 1.66. The van der Waals surface area contributed by atoms with Crippen LogP contribution in [0.3, 0.4) is 0 Å². The molecule has 1 aliphatic rings. The molecule has 1 aliphatic heterocycles. The van der Waals surface area contributed by atoms with Crippen molar-refractivity contribution in [2.75, 3.05) is 25.2 Å². The van der Waals surface area contributed by atoms with Gasteiger partial charge in [0.2, 0.25) is 5.91 Å². The average molecular weight is 484 g/mol. The predicted octanol–water partition coefficient (Wildman–Crippen LogP) is 5.99. The van der Waals surface area contributed by atoms with E-state index in [-0.39, 0.29) is 11.8 Å². The van der Waals surface area contributed by atoms with Crippen molar-refractivity contribution in [1.29, 1.82) is 0 Å². The number of anilines is 1. The molecule has 0 N–H and O–H groups in total. The fourth-order valence-corrected chi connectivity index (χ4v) is 5.06. The molecule has 1 amide bonds. The Morgan fingerprint density at radius 3 is 2.50 bits per heavy atom. The first kappa shape index (κ1) is 23.9. The lowest BCUT2D eigenvalue weighted by atomic mass is 10.1. The van der Waals surface area contributed by atoms with Gasteiger partial charge in [0.25, 0.3) is 0 Å². The number of unbranched alkanes of at least 4 members (excludes halogenated alkanes) is 1. The van der Waals surface area contributed by atoms with Gasteiger partial charge in [-0.05, 0) is 67.3 Å². The number of amides is 1. The smallest absolute Gasteiger partial charge is 0.227 e. The summed E-state index contributed by atoms with van der Waals surface area (Å²) in [6.45, 7) is 4.30. The normalized spacial score (nSPS) is 15.6. The minimum Gasteiger partial charge on any atom is -0.497 e. The van der Waals surface area contributed by atoms with Crippen molar-refractivity contribution in [2.24, 2.45) is 0 Å². The molecule has 36 heavy (non-hydrogen) atoms. The SMILES string of the molecule is CCc1ccccc1N1C[C@@H](c2nc3ccccc3n2CCCCOc2ccc(OC)cc2)CC1=O. The van der Waals surface area contributed by atoms with Crippen LogP contribution in [-0.2, 0) is 17.8 Å². The highest BCUT2D eigenvalue weighted by Crippen LogP contribution is 2.35. The van der Waals surface area contributed by atoms with E-state index < -0.39 is 0 Å². The summed E-state index contributed by atoms with van der Waals surface area (Å²) in [4.78, 5) is 20.0. The van der Waals surface area contributed by atoms with Gasteiger partial charge in [-0.1, -0.05) is 37.3 Å². The number of hydrogen-bond donors (Lipinski definition) is 0. The molecule has 0 bridgehead atoms. The van der Waals surface area contributed by atoms with Crippen LogP contribution in [-0.4, -0.2) is 35.7 Å². The Hall–Kier alpha value is -3.80. The number of carbonyl (C=O) groups excluding carboxylic acids is 1. The van der Waals surface area contributed by atoms with Crippen LogP contribution in [0.25, 0.3) is 11.0 Å². The van der Waals surface area contributed by atoms with E-state index in [2.05, 4.69) is 41.8 Å². The second-order valence-corrected chi connectivity index (χ2v) is 9.23. The number of fused-ring (bicyclic) bond motifs is 1. The number of imidazole rings is 1. The van der Waals surface area contributed by atoms with Gasteiger partial charge in [-0.2, -0.15) is 0 Å². The summed E-state index contributed by atoms with van der Waals surface area (Å²) in [6.07, 6.45) is 3.29. The monoisotopic (exact) mass is 483 g/mol. The van der Waals surface area contributed by atoms with Crippen LogP contribution < -0.4 is 14.4 Å². The Bertz CT molecular complexity index is 1330. The maximum atomic E-state index is 13.1. The van der Waals surface area contributed by atoms with Crippen LogP contribution in [0.15, 0.2) is 72.8 Å². The predicted molar refractivity (Wildman–Crippen MR) is 143 cm³/mol. The molecule has 0 aliphatic carbocycles. The Kier molecular flexibility index (Phi) is 7.21. The van der Waals surface area contributed by atoms with Crippen molar-refractivity contribution < 1.29 is 14.3 Å². The molecule has 0 radical (unpaired) electrons. The van der Waals surface area contributed by atoms with Gasteiger partial charge < -0.3 is 18.9 Å². The van der Waals surface area contributed by atoms with Gasteiger partial charge in [0.05, 0.1) is 24.8 Å². The molecular weight excluding hydrogens is 450 g/mol. The molecule has 4 aromatic rings. The maximum absolute atomic E-state index is 13.1. The van der Waals surface area contributed by atoms with Crippen LogP contribution in [0.5, 0.6) is 11.5 Å². The Balaban J connectivity index is 1.28. The summed E-state index contributed by atoms with van der Waals surface area (Å²) in [5, 5.41) is 0. The minimum atomic E-state index is 0.0744. The number of ether oxygens (including phenoxy) is 2. The van der Waals surface area contributed by atoms with Crippen LogP contribution in [0.2, 0.25) is 0 Å².